The molecule has 27 heavy (non-hydrogen) atoms. The highest BCUT2D eigenvalue weighted by Gasteiger charge is 2.31. The van der Waals surface area contributed by atoms with E-state index < -0.39 is 11.7 Å². The van der Waals surface area contributed by atoms with Crippen molar-refractivity contribution in [3.05, 3.63) is 59.2 Å². The number of carbonyl (C=O) groups excluding carboxylic acids is 1. The first kappa shape index (κ1) is 19.1. The van der Waals surface area contributed by atoms with Crippen molar-refractivity contribution in [2.24, 2.45) is 0 Å². The summed E-state index contributed by atoms with van der Waals surface area (Å²) in [5.41, 5.74) is 2.66. The molecule has 0 bridgehead atoms. The molecular formula is C20H22F3N3O. The lowest BCUT2D eigenvalue weighted by atomic mass is 10.1. The summed E-state index contributed by atoms with van der Waals surface area (Å²) < 4.78 is 38.7. The number of para-hydroxylation sites is 1. The van der Waals surface area contributed by atoms with Gasteiger partial charge in [0.25, 0.3) is 0 Å². The van der Waals surface area contributed by atoms with Crippen LogP contribution in [0.25, 0.3) is 0 Å². The summed E-state index contributed by atoms with van der Waals surface area (Å²) in [6.07, 6.45) is -4.36. The van der Waals surface area contributed by atoms with E-state index in [-0.39, 0.29) is 6.03 Å². The molecular weight excluding hydrogens is 355 g/mol. The molecule has 0 aromatic heterocycles. The average Bonchev–Trinajstić information content (AvgIpc) is 2.64. The van der Waals surface area contributed by atoms with Gasteiger partial charge in [0.1, 0.15) is 0 Å². The Bertz CT molecular complexity index is 807. The summed E-state index contributed by atoms with van der Waals surface area (Å²) in [6, 6.07) is 10.9. The molecule has 0 aliphatic carbocycles. The van der Waals surface area contributed by atoms with Gasteiger partial charge in [0.05, 0.1) is 5.56 Å². The number of rotatable bonds is 2. The zero-order valence-corrected chi connectivity index (χ0v) is 15.3. The minimum atomic E-state index is -4.36. The molecule has 1 heterocycles. The molecule has 0 saturated carbocycles. The van der Waals surface area contributed by atoms with Crippen LogP contribution in [-0.4, -0.2) is 37.1 Å². The van der Waals surface area contributed by atoms with E-state index >= 15 is 0 Å². The number of alkyl halides is 3. The van der Waals surface area contributed by atoms with Crippen molar-refractivity contribution >= 4 is 17.4 Å². The number of nitrogens with one attached hydrogen (secondary N) is 1. The summed E-state index contributed by atoms with van der Waals surface area (Å²) in [7, 11) is 0. The summed E-state index contributed by atoms with van der Waals surface area (Å²) in [4.78, 5) is 16.1. The maximum absolute atomic E-state index is 12.9. The van der Waals surface area contributed by atoms with Crippen molar-refractivity contribution in [2.75, 3.05) is 36.4 Å². The van der Waals surface area contributed by atoms with Gasteiger partial charge in [-0.2, -0.15) is 13.2 Å². The van der Waals surface area contributed by atoms with Crippen LogP contribution in [0.15, 0.2) is 42.5 Å². The number of nitrogens with zero attached hydrogens (tertiary/aromatic N) is 2. The molecule has 0 atom stereocenters. The van der Waals surface area contributed by atoms with E-state index in [9.17, 15) is 18.0 Å². The Balaban J connectivity index is 1.63. The van der Waals surface area contributed by atoms with Crippen molar-refractivity contribution in [2.45, 2.75) is 20.0 Å². The van der Waals surface area contributed by atoms with Gasteiger partial charge in [0.2, 0.25) is 0 Å². The second-order valence-electron chi connectivity index (χ2n) is 6.72. The third-order valence-electron chi connectivity index (χ3n) is 4.82. The van der Waals surface area contributed by atoms with Gasteiger partial charge in [-0.15, -0.1) is 0 Å². The second kappa shape index (κ2) is 7.50. The van der Waals surface area contributed by atoms with Gasteiger partial charge >= 0.3 is 12.2 Å². The number of piperazine rings is 1. The van der Waals surface area contributed by atoms with Gasteiger partial charge < -0.3 is 15.1 Å². The topological polar surface area (TPSA) is 35.6 Å². The Hall–Kier alpha value is -2.70. The molecule has 2 amide bonds. The van der Waals surface area contributed by atoms with E-state index in [1.165, 1.54) is 6.07 Å². The fraction of sp³-hybridized carbons (Fsp3) is 0.350. The fourth-order valence-corrected chi connectivity index (χ4v) is 3.24. The van der Waals surface area contributed by atoms with E-state index in [4.69, 9.17) is 0 Å². The van der Waals surface area contributed by atoms with Crippen LogP contribution in [0, 0.1) is 13.8 Å². The monoisotopic (exact) mass is 377 g/mol. The zero-order chi connectivity index (χ0) is 19.6. The normalized spacial score (nSPS) is 15.0. The van der Waals surface area contributed by atoms with Crippen LogP contribution >= 0.6 is 0 Å². The molecule has 0 spiro atoms. The lowest BCUT2D eigenvalue weighted by molar-refractivity contribution is -0.137. The molecule has 144 valence electrons. The zero-order valence-electron chi connectivity index (χ0n) is 15.3. The molecule has 4 nitrogen and oxygen atoms in total. The Morgan fingerprint density at radius 2 is 1.56 bits per heavy atom. The molecule has 3 rings (SSSR count). The molecule has 1 aliphatic heterocycles. The fourth-order valence-electron chi connectivity index (χ4n) is 3.24. The van der Waals surface area contributed by atoms with Gasteiger partial charge in [-0.25, -0.2) is 4.79 Å². The quantitative estimate of drug-likeness (QED) is 0.825. The molecule has 7 heteroatoms. The lowest BCUT2D eigenvalue weighted by Gasteiger charge is -2.36. The first-order valence-corrected chi connectivity index (χ1v) is 8.80. The van der Waals surface area contributed by atoms with E-state index in [0.717, 1.165) is 28.9 Å². The maximum atomic E-state index is 12.9. The number of hydrogen-bond acceptors (Lipinski definition) is 2. The molecule has 1 N–H and O–H groups in total. The highest BCUT2D eigenvalue weighted by Crippen LogP contribution is 2.32. The minimum absolute atomic E-state index is 0.184. The number of urea groups is 1. The number of halogens is 3. The van der Waals surface area contributed by atoms with Crippen LogP contribution < -0.4 is 10.2 Å². The summed E-state index contributed by atoms with van der Waals surface area (Å²) >= 11 is 0. The molecule has 0 unspecified atom stereocenters. The van der Waals surface area contributed by atoms with Gasteiger partial charge in [-0.3, -0.25) is 0 Å². The van der Waals surface area contributed by atoms with Crippen LogP contribution in [0.4, 0.5) is 29.3 Å². The third kappa shape index (κ3) is 4.35. The Morgan fingerprint density at radius 3 is 2.15 bits per heavy atom. The molecule has 1 aliphatic rings. The second-order valence-corrected chi connectivity index (χ2v) is 6.72. The van der Waals surface area contributed by atoms with Crippen LogP contribution in [0.3, 0.4) is 0 Å². The van der Waals surface area contributed by atoms with Crippen molar-refractivity contribution in [3.8, 4) is 0 Å². The van der Waals surface area contributed by atoms with Crippen LogP contribution in [-0.2, 0) is 6.18 Å². The maximum Gasteiger partial charge on any atom is 0.416 e. The number of anilines is 2. The predicted molar refractivity (Wildman–Crippen MR) is 100 cm³/mol. The highest BCUT2D eigenvalue weighted by molar-refractivity contribution is 5.91. The first-order chi connectivity index (χ1) is 12.8. The molecule has 1 saturated heterocycles. The largest absolute Gasteiger partial charge is 0.416 e. The standard InChI is InChI=1S/C20H22F3N3O/c1-14-5-3-6-15(2)18(14)24-19(27)26-11-9-25(10-12-26)17-8-4-7-16(13-17)20(21,22)23/h3-8,13H,9-12H2,1-2H3,(H,24,27). The smallest absolute Gasteiger partial charge is 0.368 e. The van der Waals surface area contributed by atoms with Gasteiger partial charge in [0, 0.05) is 37.6 Å². The molecule has 0 radical (unpaired) electrons. The minimum Gasteiger partial charge on any atom is -0.368 e. The van der Waals surface area contributed by atoms with Crippen molar-refractivity contribution in [1.29, 1.82) is 0 Å². The molecule has 1 fully saturated rings. The molecule has 2 aromatic rings. The highest BCUT2D eigenvalue weighted by atomic mass is 19.4. The van der Waals surface area contributed by atoms with Crippen LogP contribution in [0.2, 0.25) is 0 Å². The Kier molecular flexibility index (Phi) is 5.30. The lowest BCUT2D eigenvalue weighted by Crippen LogP contribution is -2.50. The average molecular weight is 377 g/mol. The number of amides is 2. The van der Waals surface area contributed by atoms with E-state index in [1.54, 1.807) is 11.0 Å². The SMILES string of the molecule is Cc1cccc(C)c1NC(=O)N1CCN(c2cccc(C(F)(F)F)c2)CC1. The van der Waals surface area contributed by atoms with E-state index in [2.05, 4.69) is 5.32 Å². The van der Waals surface area contributed by atoms with Crippen LogP contribution in [0.1, 0.15) is 16.7 Å². The Labute approximate surface area is 156 Å². The summed E-state index contributed by atoms with van der Waals surface area (Å²) in [5.74, 6) is 0. The first-order valence-electron chi connectivity index (χ1n) is 8.80. The van der Waals surface area contributed by atoms with Crippen LogP contribution in [0.5, 0.6) is 0 Å². The van der Waals surface area contributed by atoms with Crippen molar-refractivity contribution in [3.63, 3.8) is 0 Å². The summed E-state index contributed by atoms with van der Waals surface area (Å²) in [6.45, 7) is 5.76. The van der Waals surface area contributed by atoms with E-state index in [1.807, 2.05) is 36.9 Å². The van der Waals surface area contributed by atoms with Crippen molar-refractivity contribution in [1.82, 2.24) is 4.90 Å². The predicted octanol–water partition coefficient (Wildman–Crippen LogP) is 4.68. The summed E-state index contributed by atoms with van der Waals surface area (Å²) in [5, 5.41) is 2.95. The third-order valence-corrected chi connectivity index (χ3v) is 4.82. The van der Waals surface area contributed by atoms with Gasteiger partial charge in [-0.1, -0.05) is 24.3 Å². The number of benzene rings is 2. The van der Waals surface area contributed by atoms with E-state index in [0.29, 0.717) is 31.9 Å². The Morgan fingerprint density at radius 1 is 0.963 bits per heavy atom. The number of aryl methyl sites for hydroxylation is 2. The van der Waals surface area contributed by atoms with Gasteiger partial charge in [-0.05, 0) is 43.2 Å². The van der Waals surface area contributed by atoms with Gasteiger partial charge in [0.15, 0.2) is 0 Å². The molecule has 2 aromatic carbocycles. The van der Waals surface area contributed by atoms with Crippen molar-refractivity contribution < 1.29 is 18.0 Å². The number of hydrogen-bond donors (Lipinski definition) is 1. The number of carbonyl (C=O) groups is 1.